The summed E-state index contributed by atoms with van der Waals surface area (Å²) in [7, 11) is 0. The van der Waals surface area contributed by atoms with Crippen LogP contribution in [-0.4, -0.2) is 16.1 Å². The van der Waals surface area contributed by atoms with Crippen LogP contribution in [0, 0.1) is 5.41 Å². The molecule has 0 aliphatic carbocycles. The van der Waals surface area contributed by atoms with Crippen LogP contribution >= 0.6 is 0 Å². The van der Waals surface area contributed by atoms with E-state index in [9.17, 15) is 9.90 Å². The first-order valence-corrected chi connectivity index (χ1v) is 6.90. The van der Waals surface area contributed by atoms with E-state index in [-0.39, 0.29) is 29.1 Å². The summed E-state index contributed by atoms with van der Waals surface area (Å²) in [5, 5.41) is 29.9. The molecule has 0 aliphatic rings. The maximum atomic E-state index is 12.3. The van der Waals surface area contributed by atoms with Gasteiger partial charge >= 0.3 is 0 Å². The second kappa shape index (κ2) is 5.94. The van der Waals surface area contributed by atoms with Gasteiger partial charge in [0.1, 0.15) is 5.56 Å². The normalized spacial score (nSPS) is 10.7. The Labute approximate surface area is 131 Å². The van der Waals surface area contributed by atoms with Crippen LogP contribution in [0.1, 0.15) is 15.9 Å². The molecular weight excluding hydrogens is 296 g/mol. The summed E-state index contributed by atoms with van der Waals surface area (Å²) in [6.07, 6.45) is 0. The molecule has 4 N–H and O–H groups in total. The van der Waals surface area contributed by atoms with E-state index in [0.717, 1.165) is 0 Å². The number of para-hydroxylation sites is 1. The first-order chi connectivity index (χ1) is 11.1. The van der Waals surface area contributed by atoms with E-state index in [1.54, 1.807) is 36.4 Å². The molecule has 1 heterocycles. The highest BCUT2D eigenvalue weighted by Crippen LogP contribution is 2.23. The summed E-state index contributed by atoms with van der Waals surface area (Å²) >= 11 is 0. The van der Waals surface area contributed by atoms with Gasteiger partial charge in [-0.1, -0.05) is 24.3 Å². The summed E-state index contributed by atoms with van der Waals surface area (Å²) in [5.74, 6) is -0.585. The minimum Gasteiger partial charge on any atom is -0.504 e. The summed E-state index contributed by atoms with van der Waals surface area (Å²) in [6.45, 7) is -0.127. The van der Waals surface area contributed by atoms with Crippen LogP contribution in [0.3, 0.4) is 0 Å². The number of aliphatic hydroxyl groups is 1. The number of hydrogen-bond donors (Lipinski definition) is 4. The Hall–Kier alpha value is -3.12. The molecule has 1 amide bonds. The number of anilines is 1. The highest BCUT2D eigenvalue weighted by molar-refractivity contribution is 6.05. The molecule has 0 radical (unpaired) electrons. The molecule has 0 saturated heterocycles. The molecule has 0 aliphatic heterocycles. The van der Waals surface area contributed by atoms with Crippen molar-refractivity contribution in [2.45, 2.75) is 6.61 Å². The number of rotatable bonds is 3. The number of aliphatic hydroxyl groups excluding tert-OH is 1. The predicted octanol–water partition coefficient (Wildman–Crippen LogP) is 2.36. The van der Waals surface area contributed by atoms with E-state index in [4.69, 9.17) is 14.9 Å². The second-order valence-corrected chi connectivity index (χ2v) is 5.00. The molecule has 0 fully saturated rings. The fourth-order valence-electron chi connectivity index (χ4n) is 2.26. The first-order valence-electron chi connectivity index (χ1n) is 6.90. The molecule has 3 rings (SSSR count). The number of aromatic hydroxyl groups is 1. The van der Waals surface area contributed by atoms with Crippen molar-refractivity contribution in [3.63, 3.8) is 0 Å². The molecular formula is C17H14N2O4. The van der Waals surface area contributed by atoms with Crippen LogP contribution < -0.4 is 10.9 Å². The fraction of sp³-hybridized carbons (Fsp3) is 0.0588. The molecule has 0 atom stereocenters. The number of hydrogen-bond acceptors (Lipinski definition) is 5. The maximum Gasteiger partial charge on any atom is 0.261 e. The van der Waals surface area contributed by atoms with Crippen LogP contribution in [-0.2, 0) is 6.61 Å². The molecule has 6 nitrogen and oxygen atoms in total. The molecule has 0 spiro atoms. The third-order valence-electron chi connectivity index (χ3n) is 3.39. The van der Waals surface area contributed by atoms with Gasteiger partial charge in [-0.3, -0.25) is 10.2 Å². The lowest BCUT2D eigenvalue weighted by Crippen LogP contribution is -2.20. The monoisotopic (exact) mass is 310 g/mol. The summed E-state index contributed by atoms with van der Waals surface area (Å²) < 4.78 is 5.24. The molecule has 6 heteroatoms. The summed E-state index contributed by atoms with van der Waals surface area (Å²) in [5.41, 5.74) is 1.06. The van der Waals surface area contributed by atoms with E-state index in [2.05, 4.69) is 5.32 Å². The Balaban J connectivity index is 1.97. The summed E-state index contributed by atoms with van der Waals surface area (Å²) in [6, 6.07) is 13.0. The van der Waals surface area contributed by atoms with Crippen molar-refractivity contribution in [1.29, 1.82) is 5.41 Å². The number of amides is 1. The standard InChI is InChI=1S/C17H14N2O4/c18-16-13(8-11-4-2-6-14(21)15(11)23-16)17(22)19-12-5-1-3-10(7-12)9-20/h1-8,18,20-21H,9H2,(H,19,22). The van der Waals surface area contributed by atoms with Gasteiger partial charge in [-0.2, -0.15) is 0 Å². The number of fused-ring (bicyclic) bond motifs is 1. The van der Waals surface area contributed by atoms with Crippen molar-refractivity contribution in [2.24, 2.45) is 0 Å². The topological polar surface area (TPSA) is 107 Å². The van der Waals surface area contributed by atoms with Gasteiger partial charge in [-0.25, -0.2) is 0 Å². The molecule has 0 bridgehead atoms. The van der Waals surface area contributed by atoms with Gasteiger partial charge in [0.05, 0.1) is 6.61 Å². The Kier molecular flexibility index (Phi) is 3.82. The highest BCUT2D eigenvalue weighted by atomic mass is 16.4. The van der Waals surface area contributed by atoms with Crippen molar-refractivity contribution in [3.05, 3.63) is 65.2 Å². The van der Waals surface area contributed by atoms with Gasteiger partial charge in [0.2, 0.25) is 5.55 Å². The molecule has 2 aromatic carbocycles. The van der Waals surface area contributed by atoms with Gasteiger partial charge in [-0.15, -0.1) is 0 Å². The molecule has 0 saturated carbocycles. The van der Waals surface area contributed by atoms with Gasteiger partial charge in [-0.05, 0) is 29.8 Å². The zero-order valence-corrected chi connectivity index (χ0v) is 12.0. The van der Waals surface area contributed by atoms with Crippen molar-refractivity contribution in [3.8, 4) is 5.75 Å². The molecule has 116 valence electrons. The smallest absolute Gasteiger partial charge is 0.261 e. The van der Waals surface area contributed by atoms with Gasteiger partial charge in [0.25, 0.3) is 5.91 Å². The number of phenols is 1. The number of nitrogens with one attached hydrogen (secondary N) is 2. The lowest BCUT2D eigenvalue weighted by Gasteiger charge is -2.07. The third-order valence-corrected chi connectivity index (χ3v) is 3.39. The number of phenolic OH excluding ortho intramolecular Hbond substituents is 1. The average molecular weight is 310 g/mol. The van der Waals surface area contributed by atoms with Crippen LogP contribution in [0.15, 0.2) is 52.9 Å². The Morgan fingerprint density at radius 2 is 1.96 bits per heavy atom. The zero-order chi connectivity index (χ0) is 16.4. The minimum absolute atomic E-state index is 0.0532. The van der Waals surface area contributed by atoms with Crippen molar-refractivity contribution in [2.75, 3.05) is 5.32 Å². The Morgan fingerprint density at radius 3 is 2.74 bits per heavy atom. The molecule has 23 heavy (non-hydrogen) atoms. The maximum absolute atomic E-state index is 12.3. The van der Waals surface area contributed by atoms with Crippen molar-refractivity contribution in [1.82, 2.24) is 0 Å². The fourth-order valence-corrected chi connectivity index (χ4v) is 2.26. The van der Waals surface area contributed by atoms with Gasteiger partial charge < -0.3 is 19.9 Å². The quantitative estimate of drug-likeness (QED) is 0.595. The number of carbonyl (C=O) groups excluding carboxylic acids is 1. The SMILES string of the molecule is N=c1oc2c(O)cccc2cc1C(=O)Nc1cccc(CO)c1. The molecule has 1 aromatic heterocycles. The van der Waals surface area contributed by atoms with E-state index >= 15 is 0 Å². The van der Waals surface area contributed by atoms with E-state index in [0.29, 0.717) is 16.6 Å². The number of benzene rings is 2. The lowest BCUT2D eigenvalue weighted by molar-refractivity contribution is 0.102. The highest BCUT2D eigenvalue weighted by Gasteiger charge is 2.13. The molecule has 3 aromatic rings. The van der Waals surface area contributed by atoms with Crippen LogP contribution in [0.5, 0.6) is 5.75 Å². The Bertz CT molecular complexity index is 947. The van der Waals surface area contributed by atoms with Crippen LogP contribution in [0.2, 0.25) is 0 Å². The average Bonchev–Trinajstić information content (AvgIpc) is 2.55. The predicted molar refractivity (Wildman–Crippen MR) is 84.1 cm³/mol. The lowest BCUT2D eigenvalue weighted by atomic mass is 10.1. The van der Waals surface area contributed by atoms with Crippen molar-refractivity contribution >= 4 is 22.6 Å². The Morgan fingerprint density at radius 1 is 1.17 bits per heavy atom. The first kappa shape index (κ1) is 14.8. The van der Waals surface area contributed by atoms with Crippen molar-refractivity contribution < 1.29 is 19.4 Å². The third kappa shape index (κ3) is 2.93. The van der Waals surface area contributed by atoms with E-state index < -0.39 is 5.91 Å². The van der Waals surface area contributed by atoms with Gasteiger partial charge in [0, 0.05) is 11.1 Å². The zero-order valence-electron chi connectivity index (χ0n) is 12.0. The second-order valence-electron chi connectivity index (χ2n) is 5.00. The minimum atomic E-state index is -0.501. The number of carbonyl (C=O) groups is 1. The largest absolute Gasteiger partial charge is 0.504 e. The van der Waals surface area contributed by atoms with Crippen LogP contribution in [0.4, 0.5) is 5.69 Å². The van der Waals surface area contributed by atoms with Gasteiger partial charge in [0.15, 0.2) is 11.3 Å². The molecule has 0 unspecified atom stereocenters. The van der Waals surface area contributed by atoms with Crippen LogP contribution in [0.25, 0.3) is 11.0 Å². The van der Waals surface area contributed by atoms with E-state index in [1.165, 1.54) is 12.1 Å². The summed E-state index contributed by atoms with van der Waals surface area (Å²) in [4.78, 5) is 12.3. The van der Waals surface area contributed by atoms with E-state index in [1.807, 2.05) is 0 Å².